The van der Waals surface area contributed by atoms with E-state index in [1.807, 2.05) is 0 Å². The fourth-order valence-electron chi connectivity index (χ4n) is 2.92. The smallest absolute Gasteiger partial charge is 0.230 e. The second kappa shape index (κ2) is 6.48. The van der Waals surface area contributed by atoms with Crippen LogP contribution in [0, 0.1) is 5.92 Å². The Hall–Kier alpha value is -0.230. The van der Waals surface area contributed by atoms with Crippen molar-refractivity contribution < 1.29 is 13.2 Å². The predicted molar refractivity (Wildman–Crippen MR) is 79.1 cm³/mol. The van der Waals surface area contributed by atoms with E-state index >= 15 is 0 Å². The van der Waals surface area contributed by atoms with Crippen LogP contribution >= 0.6 is 11.8 Å². The number of nitrogens with one attached hydrogen (secondary N) is 1. The molecule has 1 N–H and O–H groups in total. The Kier molecular flexibility index (Phi) is 5.17. The van der Waals surface area contributed by atoms with Gasteiger partial charge in [-0.15, -0.1) is 11.8 Å². The van der Waals surface area contributed by atoms with Crippen LogP contribution < -0.4 is 5.32 Å². The Morgan fingerprint density at radius 3 is 2.74 bits per heavy atom. The minimum Gasteiger partial charge on any atom is -0.353 e. The highest BCUT2D eigenvalue weighted by atomic mass is 32.2. The highest BCUT2D eigenvalue weighted by Gasteiger charge is 2.29. The van der Waals surface area contributed by atoms with E-state index in [1.165, 1.54) is 24.6 Å². The minimum absolute atomic E-state index is 0.0633. The lowest BCUT2D eigenvalue weighted by Gasteiger charge is -2.27. The van der Waals surface area contributed by atoms with Gasteiger partial charge in [0.15, 0.2) is 9.84 Å². The molecule has 1 saturated carbocycles. The highest BCUT2D eigenvalue weighted by molar-refractivity contribution is 8.02. The molecule has 0 unspecified atom stereocenters. The number of carbonyl (C=O) groups is 1. The summed E-state index contributed by atoms with van der Waals surface area (Å²) in [5.74, 6) is 1.68. The third kappa shape index (κ3) is 4.99. The first-order valence-corrected chi connectivity index (χ1v) is 9.93. The molecule has 0 spiro atoms. The topological polar surface area (TPSA) is 63.2 Å². The van der Waals surface area contributed by atoms with Crippen LogP contribution in [-0.4, -0.2) is 42.9 Å². The van der Waals surface area contributed by atoms with Gasteiger partial charge in [-0.25, -0.2) is 8.42 Å². The van der Waals surface area contributed by atoms with E-state index in [0.29, 0.717) is 24.1 Å². The Bertz CT molecular complexity index is 422. The van der Waals surface area contributed by atoms with E-state index in [2.05, 4.69) is 12.2 Å². The minimum atomic E-state index is -2.83. The average molecular weight is 305 g/mol. The standard InChI is InChI=1S/C13H23NO3S2/c1-10-3-2-4-11(7-10)14-13(15)8-18-12-5-6-19(16,17)9-12/h10-12H,2-9H2,1H3,(H,14,15)/t10-,11-,12-/m1/s1. The van der Waals surface area contributed by atoms with Crippen LogP contribution in [0.1, 0.15) is 39.0 Å². The van der Waals surface area contributed by atoms with Crippen LogP contribution in [-0.2, 0) is 14.6 Å². The SMILES string of the molecule is C[C@@H]1CCC[C@@H](NC(=O)CS[C@@H]2CCS(=O)(=O)C2)C1. The van der Waals surface area contributed by atoms with Crippen LogP contribution in [0.25, 0.3) is 0 Å². The fourth-order valence-corrected chi connectivity index (χ4v) is 6.37. The number of sulfone groups is 1. The zero-order valence-electron chi connectivity index (χ0n) is 11.4. The van der Waals surface area contributed by atoms with E-state index in [-0.39, 0.29) is 22.7 Å². The Morgan fingerprint density at radius 1 is 1.32 bits per heavy atom. The summed E-state index contributed by atoms with van der Waals surface area (Å²) >= 11 is 1.49. The number of carbonyl (C=O) groups excluding carboxylic acids is 1. The van der Waals surface area contributed by atoms with E-state index in [0.717, 1.165) is 12.8 Å². The van der Waals surface area contributed by atoms with Crippen molar-refractivity contribution in [1.82, 2.24) is 5.32 Å². The van der Waals surface area contributed by atoms with E-state index in [4.69, 9.17) is 0 Å². The number of hydrogen-bond acceptors (Lipinski definition) is 4. The van der Waals surface area contributed by atoms with Gasteiger partial charge >= 0.3 is 0 Å². The van der Waals surface area contributed by atoms with Crippen LogP contribution in [0.5, 0.6) is 0 Å². The number of hydrogen-bond donors (Lipinski definition) is 1. The van der Waals surface area contributed by atoms with Crippen LogP contribution in [0.3, 0.4) is 0 Å². The van der Waals surface area contributed by atoms with Gasteiger partial charge in [-0.05, 0) is 25.2 Å². The molecule has 0 bridgehead atoms. The maximum atomic E-state index is 11.9. The quantitative estimate of drug-likeness (QED) is 0.857. The van der Waals surface area contributed by atoms with Crippen molar-refractivity contribution in [2.24, 2.45) is 5.92 Å². The van der Waals surface area contributed by atoms with Crippen LogP contribution in [0.15, 0.2) is 0 Å². The lowest BCUT2D eigenvalue weighted by molar-refractivity contribution is -0.119. The van der Waals surface area contributed by atoms with Gasteiger partial charge in [0.2, 0.25) is 5.91 Å². The lowest BCUT2D eigenvalue weighted by atomic mass is 9.87. The first-order chi connectivity index (χ1) is 8.94. The van der Waals surface area contributed by atoms with Crippen molar-refractivity contribution in [1.29, 1.82) is 0 Å². The van der Waals surface area contributed by atoms with E-state index < -0.39 is 9.84 Å². The molecule has 2 aliphatic rings. The Morgan fingerprint density at radius 2 is 2.11 bits per heavy atom. The Labute approximate surface area is 120 Å². The van der Waals surface area contributed by atoms with E-state index in [9.17, 15) is 13.2 Å². The van der Waals surface area contributed by atoms with Crippen molar-refractivity contribution in [3.05, 3.63) is 0 Å². The van der Waals surface area contributed by atoms with Gasteiger partial charge in [0.25, 0.3) is 0 Å². The molecule has 1 amide bonds. The largest absolute Gasteiger partial charge is 0.353 e. The number of rotatable bonds is 4. The van der Waals surface area contributed by atoms with Crippen LogP contribution in [0.2, 0.25) is 0 Å². The van der Waals surface area contributed by atoms with Gasteiger partial charge in [0.1, 0.15) is 0 Å². The summed E-state index contributed by atoms with van der Waals surface area (Å²) < 4.78 is 22.6. The summed E-state index contributed by atoms with van der Waals surface area (Å²) in [4.78, 5) is 11.9. The molecule has 3 atom stereocenters. The third-order valence-electron chi connectivity index (χ3n) is 3.94. The zero-order chi connectivity index (χ0) is 13.9. The van der Waals surface area contributed by atoms with E-state index in [1.54, 1.807) is 0 Å². The lowest BCUT2D eigenvalue weighted by Crippen LogP contribution is -2.39. The maximum Gasteiger partial charge on any atom is 0.230 e. The molecule has 1 saturated heterocycles. The molecular weight excluding hydrogens is 282 g/mol. The summed E-state index contributed by atoms with van der Waals surface area (Å²) in [7, 11) is -2.83. The molecule has 2 fully saturated rings. The highest BCUT2D eigenvalue weighted by Crippen LogP contribution is 2.25. The second-order valence-corrected chi connectivity index (χ2v) is 9.39. The van der Waals surface area contributed by atoms with Gasteiger partial charge in [-0.2, -0.15) is 0 Å². The Balaban J connectivity index is 1.67. The number of amides is 1. The van der Waals surface area contributed by atoms with Crippen molar-refractivity contribution >= 4 is 27.5 Å². The third-order valence-corrected chi connectivity index (χ3v) is 7.22. The maximum absolute atomic E-state index is 11.9. The molecule has 0 aromatic rings. The van der Waals surface area contributed by atoms with Gasteiger partial charge in [-0.1, -0.05) is 19.8 Å². The van der Waals surface area contributed by atoms with Crippen LogP contribution in [0.4, 0.5) is 0 Å². The molecular formula is C13H23NO3S2. The summed E-state index contributed by atoms with van der Waals surface area (Å²) in [5.41, 5.74) is 0. The van der Waals surface area contributed by atoms with Crippen molar-refractivity contribution in [2.75, 3.05) is 17.3 Å². The van der Waals surface area contributed by atoms with Crippen molar-refractivity contribution in [3.63, 3.8) is 0 Å². The molecule has 19 heavy (non-hydrogen) atoms. The first-order valence-electron chi connectivity index (χ1n) is 7.06. The molecule has 6 heteroatoms. The molecule has 0 radical (unpaired) electrons. The summed E-state index contributed by atoms with van der Waals surface area (Å²) in [6, 6.07) is 0.323. The van der Waals surface area contributed by atoms with Gasteiger partial charge < -0.3 is 5.32 Å². The molecule has 110 valence electrons. The second-order valence-electron chi connectivity index (χ2n) is 5.87. The molecule has 1 heterocycles. The average Bonchev–Trinajstić information content (AvgIpc) is 2.66. The monoisotopic (exact) mass is 305 g/mol. The molecule has 2 rings (SSSR count). The molecule has 1 aliphatic heterocycles. The summed E-state index contributed by atoms with van der Waals surface area (Å²) in [6.45, 7) is 2.23. The molecule has 1 aliphatic carbocycles. The van der Waals surface area contributed by atoms with Gasteiger partial charge in [0, 0.05) is 11.3 Å². The zero-order valence-corrected chi connectivity index (χ0v) is 13.1. The molecule has 4 nitrogen and oxygen atoms in total. The van der Waals surface area contributed by atoms with Gasteiger partial charge in [-0.3, -0.25) is 4.79 Å². The fraction of sp³-hybridized carbons (Fsp3) is 0.923. The summed E-state index contributed by atoms with van der Waals surface area (Å²) in [6.07, 6.45) is 5.31. The normalized spacial score (nSPS) is 34.1. The molecule has 0 aromatic heterocycles. The van der Waals surface area contributed by atoms with Crippen molar-refractivity contribution in [2.45, 2.75) is 50.3 Å². The molecule has 0 aromatic carbocycles. The number of thioether (sulfide) groups is 1. The van der Waals surface area contributed by atoms with Crippen molar-refractivity contribution in [3.8, 4) is 0 Å². The van der Waals surface area contributed by atoms with Gasteiger partial charge in [0.05, 0.1) is 17.3 Å². The first kappa shape index (κ1) is 15.2. The predicted octanol–water partition coefficient (Wildman–Crippen LogP) is 1.60. The summed E-state index contributed by atoms with van der Waals surface area (Å²) in [5, 5.41) is 3.20.